The molecule has 106 valence electrons. The highest BCUT2D eigenvalue weighted by Crippen LogP contribution is 2.24. The molecular formula is C9H16Cl2N2O3S2. The largest absolute Gasteiger partial charge is 0.383 e. The Morgan fingerprint density at radius 3 is 2.61 bits per heavy atom. The first-order valence-corrected chi connectivity index (χ1v) is 7.68. The van der Waals surface area contributed by atoms with Crippen LogP contribution in [0.5, 0.6) is 0 Å². The van der Waals surface area contributed by atoms with Crippen molar-refractivity contribution in [1.82, 2.24) is 10.0 Å². The van der Waals surface area contributed by atoms with Crippen LogP contribution in [-0.4, -0.2) is 41.8 Å². The van der Waals surface area contributed by atoms with E-state index in [2.05, 4.69) is 10.0 Å². The third-order valence-corrected chi connectivity index (χ3v) is 5.07. The lowest BCUT2D eigenvalue weighted by Gasteiger charge is -2.05. The van der Waals surface area contributed by atoms with E-state index in [4.69, 9.17) is 16.3 Å². The van der Waals surface area contributed by atoms with Crippen molar-refractivity contribution in [2.24, 2.45) is 0 Å². The van der Waals surface area contributed by atoms with Crippen molar-refractivity contribution in [3.63, 3.8) is 0 Å². The lowest BCUT2D eigenvalue weighted by molar-refractivity contribution is 0.199. The van der Waals surface area contributed by atoms with Crippen molar-refractivity contribution in [2.75, 3.05) is 33.4 Å². The van der Waals surface area contributed by atoms with Gasteiger partial charge in [-0.2, -0.15) is 0 Å². The number of hydrogen-bond donors (Lipinski definition) is 2. The van der Waals surface area contributed by atoms with E-state index >= 15 is 0 Å². The molecule has 0 bridgehead atoms. The topological polar surface area (TPSA) is 67.4 Å². The van der Waals surface area contributed by atoms with Gasteiger partial charge in [0.1, 0.15) is 4.21 Å². The Hall–Kier alpha value is 0.110. The summed E-state index contributed by atoms with van der Waals surface area (Å²) in [5.41, 5.74) is 0. The lowest BCUT2D eigenvalue weighted by Crippen LogP contribution is -2.32. The molecule has 0 unspecified atom stereocenters. The molecular weight excluding hydrogens is 319 g/mol. The molecule has 0 atom stereocenters. The van der Waals surface area contributed by atoms with Crippen molar-refractivity contribution < 1.29 is 13.2 Å². The van der Waals surface area contributed by atoms with Gasteiger partial charge in [0.25, 0.3) is 0 Å². The third kappa shape index (κ3) is 6.33. The zero-order valence-corrected chi connectivity index (χ0v) is 13.0. The molecule has 2 N–H and O–H groups in total. The molecule has 1 aromatic heterocycles. The number of rotatable bonds is 8. The number of halogens is 2. The van der Waals surface area contributed by atoms with Gasteiger partial charge in [-0.3, -0.25) is 0 Å². The number of methoxy groups -OCH3 is 1. The van der Waals surface area contributed by atoms with Crippen molar-refractivity contribution in [2.45, 2.75) is 4.21 Å². The number of nitrogens with one attached hydrogen (secondary N) is 2. The molecule has 0 radical (unpaired) electrons. The molecule has 9 heteroatoms. The van der Waals surface area contributed by atoms with Crippen LogP contribution in [0.15, 0.2) is 16.3 Å². The standard InChI is InChI=1S/C9H15ClN2O3S2.ClH/c1-15-7-6-11-4-5-12-17(13,14)9-3-2-8(10)16-9;/h2-3,11-12H,4-7H2,1H3;1H. The van der Waals surface area contributed by atoms with Crippen LogP contribution in [0.25, 0.3) is 0 Å². The summed E-state index contributed by atoms with van der Waals surface area (Å²) in [6.07, 6.45) is 0. The number of ether oxygens (including phenoxy) is 1. The highest BCUT2D eigenvalue weighted by Gasteiger charge is 2.15. The Morgan fingerprint density at radius 2 is 2.06 bits per heavy atom. The summed E-state index contributed by atoms with van der Waals surface area (Å²) in [5.74, 6) is 0. The van der Waals surface area contributed by atoms with E-state index in [-0.39, 0.29) is 16.6 Å². The molecule has 0 saturated heterocycles. The molecule has 1 aromatic rings. The van der Waals surface area contributed by atoms with E-state index in [0.29, 0.717) is 30.6 Å². The summed E-state index contributed by atoms with van der Waals surface area (Å²) < 4.78 is 31.5. The summed E-state index contributed by atoms with van der Waals surface area (Å²) in [4.78, 5) is 0. The number of sulfonamides is 1. The fraction of sp³-hybridized carbons (Fsp3) is 0.556. The highest BCUT2D eigenvalue weighted by atomic mass is 35.5. The molecule has 18 heavy (non-hydrogen) atoms. The fourth-order valence-corrected chi connectivity index (χ4v) is 3.65. The quantitative estimate of drug-likeness (QED) is 0.704. The zero-order chi connectivity index (χ0) is 12.7. The molecule has 0 aliphatic rings. The monoisotopic (exact) mass is 334 g/mol. The molecule has 0 fully saturated rings. The SMILES string of the molecule is COCCNCCNS(=O)(=O)c1ccc(Cl)s1.Cl. The third-order valence-electron chi connectivity index (χ3n) is 1.89. The van der Waals surface area contributed by atoms with Crippen molar-refractivity contribution in [1.29, 1.82) is 0 Å². The Morgan fingerprint density at radius 1 is 1.33 bits per heavy atom. The first kappa shape index (κ1) is 18.1. The first-order valence-electron chi connectivity index (χ1n) is 5.01. The van der Waals surface area contributed by atoms with Crippen LogP contribution < -0.4 is 10.0 Å². The normalized spacial score (nSPS) is 11.2. The second-order valence-electron chi connectivity index (χ2n) is 3.20. The second-order valence-corrected chi connectivity index (χ2v) is 6.91. The molecule has 0 aliphatic heterocycles. The summed E-state index contributed by atoms with van der Waals surface area (Å²) >= 11 is 6.73. The van der Waals surface area contributed by atoms with Crippen LogP contribution in [0.3, 0.4) is 0 Å². The first-order chi connectivity index (χ1) is 8.06. The lowest BCUT2D eigenvalue weighted by atomic mass is 10.6. The number of hydrogen-bond acceptors (Lipinski definition) is 5. The van der Waals surface area contributed by atoms with Crippen LogP contribution in [0.1, 0.15) is 0 Å². The van der Waals surface area contributed by atoms with Gasteiger partial charge in [0.2, 0.25) is 10.0 Å². The van der Waals surface area contributed by atoms with Crippen molar-refractivity contribution >= 4 is 45.4 Å². The van der Waals surface area contributed by atoms with Gasteiger partial charge < -0.3 is 10.1 Å². The molecule has 0 saturated carbocycles. The van der Waals surface area contributed by atoms with E-state index in [1.54, 1.807) is 13.2 Å². The van der Waals surface area contributed by atoms with Crippen LogP contribution in [0.2, 0.25) is 4.34 Å². The van der Waals surface area contributed by atoms with E-state index in [0.717, 1.165) is 11.3 Å². The van der Waals surface area contributed by atoms with Gasteiger partial charge in [-0.05, 0) is 12.1 Å². The van der Waals surface area contributed by atoms with Gasteiger partial charge in [-0.1, -0.05) is 11.6 Å². The minimum absolute atomic E-state index is 0. The van der Waals surface area contributed by atoms with Crippen LogP contribution in [0.4, 0.5) is 0 Å². The van der Waals surface area contributed by atoms with Gasteiger partial charge in [-0.15, -0.1) is 23.7 Å². The summed E-state index contributed by atoms with van der Waals surface area (Å²) in [5, 5.41) is 3.04. The molecule has 0 spiro atoms. The smallest absolute Gasteiger partial charge is 0.250 e. The van der Waals surface area contributed by atoms with Gasteiger partial charge >= 0.3 is 0 Å². The maximum absolute atomic E-state index is 11.7. The van der Waals surface area contributed by atoms with E-state index in [1.807, 2.05) is 0 Å². The van der Waals surface area contributed by atoms with E-state index in [9.17, 15) is 8.42 Å². The predicted molar refractivity (Wildman–Crippen MR) is 76.5 cm³/mol. The maximum atomic E-state index is 11.7. The van der Waals surface area contributed by atoms with Crippen LogP contribution >= 0.6 is 35.3 Å². The maximum Gasteiger partial charge on any atom is 0.250 e. The summed E-state index contributed by atoms with van der Waals surface area (Å²) in [7, 11) is -1.80. The molecule has 1 heterocycles. The molecule has 0 aliphatic carbocycles. The van der Waals surface area contributed by atoms with Crippen molar-refractivity contribution in [3.8, 4) is 0 Å². The van der Waals surface area contributed by atoms with Crippen LogP contribution in [-0.2, 0) is 14.8 Å². The second kappa shape index (κ2) is 9.08. The van der Waals surface area contributed by atoms with Gasteiger partial charge in [0, 0.05) is 26.7 Å². The average molecular weight is 335 g/mol. The minimum atomic E-state index is -3.42. The van der Waals surface area contributed by atoms with Gasteiger partial charge in [0.15, 0.2) is 0 Å². The number of thiophene rings is 1. The Bertz CT molecular complexity index is 437. The fourth-order valence-electron chi connectivity index (χ4n) is 1.09. The Labute approximate surface area is 122 Å². The highest BCUT2D eigenvalue weighted by molar-refractivity contribution is 7.91. The molecule has 5 nitrogen and oxygen atoms in total. The predicted octanol–water partition coefficient (Wildman–Crippen LogP) is 1.34. The molecule has 0 aromatic carbocycles. The Balaban J connectivity index is 0.00000289. The van der Waals surface area contributed by atoms with Crippen molar-refractivity contribution in [3.05, 3.63) is 16.5 Å². The van der Waals surface area contributed by atoms with E-state index < -0.39 is 10.0 Å². The minimum Gasteiger partial charge on any atom is -0.383 e. The summed E-state index contributed by atoms with van der Waals surface area (Å²) in [6.45, 7) is 2.19. The summed E-state index contributed by atoms with van der Waals surface area (Å²) in [6, 6.07) is 3.06. The van der Waals surface area contributed by atoms with Gasteiger partial charge in [0.05, 0.1) is 10.9 Å². The average Bonchev–Trinajstić information content (AvgIpc) is 2.71. The molecule has 1 rings (SSSR count). The Kier molecular flexibility index (Phi) is 9.14. The molecule has 0 amide bonds. The van der Waals surface area contributed by atoms with E-state index in [1.165, 1.54) is 6.07 Å². The van der Waals surface area contributed by atoms with Crippen LogP contribution in [0, 0.1) is 0 Å². The van der Waals surface area contributed by atoms with Gasteiger partial charge in [-0.25, -0.2) is 13.1 Å². The zero-order valence-electron chi connectivity index (χ0n) is 9.81.